The number of methoxy groups -OCH3 is 1. The maximum absolute atomic E-state index is 12.4. The van der Waals surface area contributed by atoms with Gasteiger partial charge in [-0.05, 0) is 26.2 Å². The zero-order valence-electron chi connectivity index (χ0n) is 13.9. The molecule has 24 heavy (non-hydrogen) atoms. The quantitative estimate of drug-likeness (QED) is 0.749. The van der Waals surface area contributed by atoms with Crippen LogP contribution in [-0.4, -0.2) is 59.7 Å². The first-order chi connectivity index (χ1) is 11.6. The molecular formula is C17H20N4O3. The summed E-state index contributed by atoms with van der Waals surface area (Å²) in [6, 6.07) is 5.52. The zero-order chi connectivity index (χ0) is 17.1. The van der Waals surface area contributed by atoms with E-state index in [0.717, 1.165) is 17.4 Å². The third kappa shape index (κ3) is 3.26. The van der Waals surface area contributed by atoms with Crippen LogP contribution < -0.4 is 9.47 Å². The molecule has 7 nitrogen and oxygen atoms in total. The molecule has 126 valence electrons. The van der Waals surface area contributed by atoms with E-state index in [2.05, 4.69) is 9.97 Å². The average molecular weight is 328 g/mol. The number of benzene rings is 1. The monoisotopic (exact) mass is 328 g/mol. The Balaban J connectivity index is 1.90. The second-order valence-corrected chi connectivity index (χ2v) is 5.70. The van der Waals surface area contributed by atoms with Crippen LogP contribution >= 0.6 is 0 Å². The molecular weight excluding hydrogens is 308 g/mol. The molecule has 0 bridgehead atoms. The number of aromatic nitrogens is 3. The fourth-order valence-electron chi connectivity index (χ4n) is 2.38. The minimum Gasteiger partial charge on any atom is -0.493 e. The van der Waals surface area contributed by atoms with Gasteiger partial charge in [0, 0.05) is 35.9 Å². The highest BCUT2D eigenvalue weighted by Gasteiger charge is 2.14. The van der Waals surface area contributed by atoms with Crippen molar-refractivity contribution < 1.29 is 14.3 Å². The van der Waals surface area contributed by atoms with Crippen molar-refractivity contribution in [3.63, 3.8) is 0 Å². The van der Waals surface area contributed by atoms with Crippen LogP contribution in [0.3, 0.4) is 0 Å². The maximum atomic E-state index is 12.4. The highest BCUT2D eigenvalue weighted by Crippen LogP contribution is 2.32. The molecule has 0 unspecified atom stereocenters. The van der Waals surface area contributed by atoms with E-state index in [0.29, 0.717) is 23.8 Å². The second kappa shape index (κ2) is 6.76. The Kier molecular flexibility index (Phi) is 4.52. The van der Waals surface area contributed by atoms with E-state index in [1.807, 2.05) is 31.1 Å². The molecule has 0 saturated carbocycles. The first-order valence-corrected chi connectivity index (χ1v) is 7.59. The summed E-state index contributed by atoms with van der Waals surface area (Å²) >= 11 is 0. The third-order valence-corrected chi connectivity index (χ3v) is 3.67. The Morgan fingerprint density at radius 3 is 2.79 bits per heavy atom. The standard InChI is InChI=1S/C17H20N4O3/c1-20(2)6-7-24-16-9-12-8-14(17(22)21-5-4-18-11-21)19-13(12)10-15(16)23-3/h4-5,8-11,19H,6-7H2,1-3H3. The molecule has 0 aliphatic rings. The Morgan fingerprint density at radius 2 is 2.12 bits per heavy atom. The van der Waals surface area contributed by atoms with Gasteiger partial charge in [0.2, 0.25) is 0 Å². The third-order valence-electron chi connectivity index (χ3n) is 3.67. The van der Waals surface area contributed by atoms with Crippen LogP contribution in [0.2, 0.25) is 0 Å². The van der Waals surface area contributed by atoms with Gasteiger partial charge in [0.25, 0.3) is 5.91 Å². The van der Waals surface area contributed by atoms with E-state index in [1.165, 1.54) is 10.9 Å². The Morgan fingerprint density at radius 1 is 1.29 bits per heavy atom. The van der Waals surface area contributed by atoms with Crippen LogP contribution in [0, 0.1) is 0 Å². The number of carbonyl (C=O) groups is 1. The smallest absolute Gasteiger partial charge is 0.279 e. The number of hydrogen-bond donors (Lipinski definition) is 1. The summed E-state index contributed by atoms with van der Waals surface area (Å²) in [6.07, 6.45) is 4.66. The van der Waals surface area contributed by atoms with Crippen molar-refractivity contribution in [3.05, 3.63) is 42.6 Å². The number of aromatic amines is 1. The highest BCUT2D eigenvalue weighted by molar-refractivity contribution is 5.99. The SMILES string of the molecule is COc1cc2[nH]c(C(=O)n3ccnc3)cc2cc1OCCN(C)C. The summed E-state index contributed by atoms with van der Waals surface area (Å²) < 4.78 is 12.6. The molecule has 0 aliphatic carbocycles. The van der Waals surface area contributed by atoms with Crippen LogP contribution in [-0.2, 0) is 0 Å². The van der Waals surface area contributed by atoms with Gasteiger partial charge in [-0.1, -0.05) is 0 Å². The fourth-order valence-corrected chi connectivity index (χ4v) is 2.38. The van der Waals surface area contributed by atoms with Crippen molar-refractivity contribution in [2.45, 2.75) is 0 Å². The van der Waals surface area contributed by atoms with E-state index < -0.39 is 0 Å². The van der Waals surface area contributed by atoms with Crippen molar-refractivity contribution in [2.75, 3.05) is 34.4 Å². The summed E-state index contributed by atoms with van der Waals surface area (Å²) in [6.45, 7) is 1.36. The number of nitrogens with one attached hydrogen (secondary N) is 1. The largest absolute Gasteiger partial charge is 0.493 e. The van der Waals surface area contributed by atoms with Gasteiger partial charge >= 0.3 is 0 Å². The highest BCUT2D eigenvalue weighted by atomic mass is 16.5. The number of fused-ring (bicyclic) bond motifs is 1. The second-order valence-electron chi connectivity index (χ2n) is 5.70. The lowest BCUT2D eigenvalue weighted by atomic mass is 10.2. The molecule has 0 aliphatic heterocycles. The Labute approximate surface area is 139 Å². The molecule has 1 N–H and O–H groups in total. The number of rotatable bonds is 6. The average Bonchev–Trinajstić information content (AvgIpc) is 3.22. The summed E-state index contributed by atoms with van der Waals surface area (Å²) in [5.41, 5.74) is 1.30. The van der Waals surface area contributed by atoms with Gasteiger partial charge in [0.05, 0.1) is 7.11 Å². The number of nitrogens with zero attached hydrogens (tertiary/aromatic N) is 3. The molecule has 0 spiro atoms. The molecule has 3 aromatic rings. The van der Waals surface area contributed by atoms with Crippen LogP contribution in [0.25, 0.3) is 10.9 Å². The van der Waals surface area contributed by atoms with Gasteiger partial charge in [0.15, 0.2) is 11.5 Å². The van der Waals surface area contributed by atoms with Crippen LogP contribution in [0.1, 0.15) is 10.5 Å². The van der Waals surface area contributed by atoms with Gasteiger partial charge in [-0.3, -0.25) is 9.36 Å². The number of carbonyl (C=O) groups excluding carboxylic acids is 1. The molecule has 3 rings (SSSR count). The topological polar surface area (TPSA) is 72.4 Å². The van der Waals surface area contributed by atoms with Crippen LogP contribution in [0.4, 0.5) is 0 Å². The van der Waals surface area contributed by atoms with Crippen molar-refractivity contribution in [3.8, 4) is 11.5 Å². The molecule has 0 amide bonds. The molecule has 0 fully saturated rings. The van der Waals surface area contributed by atoms with Crippen molar-refractivity contribution in [1.29, 1.82) is 0 Å². The van der Waals surface area contributed by atoms with Crippen LogP contribution in [0.15, 0.2) is 36.9 Å². The molecule has 0 radical (unpaired) electrons. The summed E-state index contributed by atoms with van der Waals surface area (Å²) in [5.74, 6) is 1.12. The van der Waals surface area contributed by atoms with Gasteiger partial charge in [0.1, 0.15) is 18.6 Å². The molecule has 2 aromatic heterocycles. The summed E-state index contributed by atoms with van der Waals surface area (Å²) in [5, 5.41) is 0.888. The number of hydrogen-bond acceptors (Lipinski definition) is 5. The molecule has 7 heteroatoms. The van der Waals surface area contributed by atoms with Crippen molar-refractivity contribution >= 4 is 16.8 Å². The van der Waals surface area contributed by atoms with E-state index in [-0.39, 0.29) is 5.91 Å². The van der Waals surface area contributed by atoms with Gasteiger partial charge in [-0.2, -0.15) is 0 Å². The molecule has 0 atom stereocenters. The Bertz CT molecular complexity index is 837. The molecule has 1 aromatic carbocycles. The number of likely N-dealkylation sites (N-methyl/N-ethyl adjacent to an activating group) is 1. The van der Waals surface area contributed by atoms with Gasteiger partial charge < -0.3 is 19.4 Å². The first kappa shape index (κ1) is 16.1. The lowest BCUT2D eigenvalue weighted by molar-refractivity contribution is 0.0955. The minimum absolute atomic E-state index is 0.169. The van der Waals surface area contributed by atoms with E-state index in [9.17, 15) is 4.79 Å². The maximum Gasteiger partial charge on any atom is 0.279 e. The summed E-state index contributed by atoms with van der Waals surface area (Å²) in [4.78, 5) is 21.4. The van der Waals surface area contributed by atoms with E-state index in [4.69, 9.17) is 9.47 Å². The van der Waals surface area contributed by atoms with E-state index >= 15 is 0 Å². The predicted molar refractivity (Wildman–Crippen MR) is 90.9 cm³/mol. The van der Waals surface area contributed by atoms with Gasteiger partial charge in [-0.15, -0.1) is 0 Å². The number of H-pyrrole nitrogens is 1. The number of ether oxygens (including phenoxy) is 2. The molecule has 0 saturated heterocycles. The summed E-state index contributed by atoms with van der Waals surface area (Å²) in [7, 11) is 5.58. The van der Waals surface area contributed by atoms with Crippen molar-refractivity contribution in [2.24, 2.45) is 0 Å². The number of imidazole rings is 1. The normalized spacial score (nSPS) is 11.2. The van der Waals surface area contributed by atoms with Gasteiger partial charge in [-0.25, -0.2) is 4.98 Å². The van der Waals surface area contributed by atoms with Crippen molar-refractivity contribution in [1.82, 2.24) is 19.4 Å². The minimum atomic E-state index is -0.169. The predicted octanol–water partition coefficient (Wildman–Crippen LogP) is 2.00. The zero-order valence-corrected chi connectivity index (χ0v) is 13.9. The molecule has 2 heterocycles. The Hall–Kier alpha value is -2.80. The first-order valence-electron chi connectivity index (χ1n) is 7.59. The van der Waals surface area contributed by atoms with E-state index in [1.54, 1.807) is 25.6 Å². The lowest BCUT2D eigenvalue weighted by Gasteiger charge is -2.13. The fraction of sp³-hybridized carbons (Fsp3) is 0.294. The van der Waals surface area contributed by atoms with Crippen LogP contribution in [0.5, 0.6) is 11.5 Å². The lowest BCUT2D eigenvalue weighted by Crippen LogP contribution is -2.19.